The van der Waals surface area contributed by atoms with E-state index < -0.39 is 5.66 Å². The van der Waals surface area contributed by atoms with Crippen molar-refractivity contribution in [3.8, 4) is 0 Å². The lowest BCUT2D eigenvalue weighted by molar-refractivity contribution is -0.135. The number of carbonyl (C=O) groups excluding carboxylic acids is 2. The number of nitrogens with one attached hydrogen (secondary N) is 1. The largest absolute Gasteiger partial charge is 0.338 e. The summed E-state index contributed by atoms with van der Waals surface area (Å²) in [4.78, 5) is 29.4. The summed E-state index contributed by atoms with van der Waals surface area (Å²) in [6.45, 7) is 6.67. The number of halogens is 1. The summed E-state index contributed by atoms with van der Waals surface area (Å²) in [5, 5.41) is 2.89. The van der Waals surface area contributed by atoms with Crippen molar-refractivity contribution in [1.29, 1.82) is 0 Å². The van der Waals surface area contributed by atoms with Crippen LogP contribution in [0.3, 0.4) is 0 Å². The van der Waals surface area contributed by atoms with E-state index in [9.17, 15) is 9.59 Å². The van der Waals surface area contributed by atoms with Gasteiger partial charge in [0.1, 0.15) is 12.2 Å². The standard InChI is InChI=1S/C21H22BrN3O2/c1-20(2)16-6-4-5-7-17(16)24-13-19(27)25(21(20,24)3)12-18(26)23-15-10-8-14(22)9-11-15/h4-11H,12-13H2,1-3H3,(H,23,26). The third-order valence-electron chi connectivity index (χ3n) is 6.13. The molecular formula is C21H22BrN3O2. The third kappa shape index (κ3) is 2.57. The first kappa shape index (κ1) is 18.0. The lowest BCUT2D eigenvalue weighted by atomic mass is 9.76. The van der Waals surface area contributed by atoms with Crippen molar-refractivity contribution in [2.75, 3.05) is 23.3 Å². The van der Waals surface area contributed by atoms with Gasteiger partial charge in [0.05, 0.1) is 6.54 Å². The van der Waals surface area contributed by atoms with E-state index in [-0.39, 0.29) is 23.8 Å². The minimum atomic E-state index is -0.579. The van der Waals surface area contributed by atoms with Crippen molar-refractivity contribution < 1.29 is 9.59 Å². The van der Waals surface area contributed by atoms with Gasteiger partial charge in [-0.15, -0.1) is 0 Å². The number of nitrogens with zero attached hydrogens (tertiary/aromatic N) is 2. The van der Waals surface area contributed by atoms with E-state index in [2.05, 4.69) is 59.1 Å². The summed E-state index contributed by atoms with van der Waals surface area (Å²) in [6, 6.07) is 15.6. The SMILES string of the molecule is CC1(C)c2ccccc2N2CC(=O)N(CC(=O)Nc3ccc(Br)cc3)C21C. The molecule has 0 spiro atoms. The highest BCUT2D eigenvalue weighted by atomic mass is 79.9. The molecule has 0 saturated carbocycles. The molecule has 5 nitrogen and oxygen atoms in total. The highest BCUT2D eigenvalue weighted by Gasteiger charge is 2.62. The monoisotopic (exact) mass is 427 g/mol. The number of rotatable bonds is 3. The maximum atomic E-state index is 12.8. The topological polar surface area (TPSA) is 52.7 Å². The molecule has 140 valence electrons. The van der Waals surface area contributed by atoms with Gasteiger partial charge in [0.25, 0.3) is 0 Å². The zero-order valence-corrected chi connectivity index (χ0v) is 17.2. The first-order valence-electron chi connectivity index (χ1n) is 8.98. The summed E-state index contributed by atoms with van der Waals surface area (Å²) in [5.41, 5.74) is 2.12. The number of anilines is 2. The fraction of sp³-hybridized carbons (Fsp3) is 0.333. The van der Waals surface area contributed by atoms with Crippen LogP contribution in [0.15, 0.2) is 53.0 Å². The summed E-state index contributed by atoms with van der Waals surface area (Å²) in [5.74, 6) is -0.216. The van der Waals surface area contributed by atoms with Gasteiger partial charge < -0.3 is 15.1 Å². The maximum absolute atomic E-state index is 12.8. The predicted molar refractivity (Wildman–Crippen MR) is 110 cm³/mol. The summed E-state index contributed by atoms with van der Waals surface area (Å²) in [7, 11) is 0. The summed E-state index contributed by atoms with van der Waals surface area (Å²) >= 11 is 3.38. The van der Waals surface area contributed by atoms with Crippen molar-refractivity contribution in [1.82, 2.24) is 4.90 Å². The molecule has 0 bridgehead atoms. The van der Waals surface area contributed by atoms with Gasteiger partial charge in [-0.1, -0.05) is 48.0 Å². The minimum Gasteiger partial charge on any atom is -0.338 e. The second kappa shape index (κ2) is 6.09. The highest BCUT2D eigenvalue weighted by Crippen LogP contribution is 2.55. The van der Waals surface area contributed by atoms with Crippen LogP contribution in [0.1, 0.15) is 26.3 Å². The smallest absolute Gasteiger partial charge is 0.244 e. The molecule has 2 aliphatic rings. The Morgan fingerprint density at radius 2 is 1.78 bits per heavy atom. The van der Waals surface area contributed by atoms with Crippen LogP contribution in [0.4, 0.5) is 11.4 Å². The van der Waals surface area contributed by atoms with Gasteiger partial charge in [-0.25, -0.2) is 0 Å². The van der Waals surface area contributed by atoms with E-state index in [1.54, 1.807) is 4.90 Å². The highest BCUT2D eigenvalue weighted by molar-refractivity contribution is 9.10. The van der Waals surface area contributed by atoms with E-state index >= 15 is 0 Å². The molecule has 1 saturated heterocycles. The van der Waals surface area contributed by atoms with Crippen LogP contribution >= 0.6 is 15.9 Å². The van der Waals surface area contributed by atoms with Gasteiger partial charge in [0.2, 0.25) is 11.8 Å². The Bertz CT molecular complexity index is 925. The third-order valence-corrected chi connectivity index (χ3v) is 6.66. The van der Waals surface area contributed by atoms with E-state index in [1.165, 1.54) is 5.56 Å². The van der Waals surface area contributed by atoms with Gasteiger partial charge in [-0.05, 0) is 42.8 Å². The molecule has 1 N–H and O–H groups in total. The molecular weight excluding hydrogens is 406 g/mol. The van der Waals surface area contributed by atoms with Crippen LogP contribution < -0.4 is 10.2 Å². The van der Waals surface area contributed by atoms with E-state index in [0.717, 1.165) is 10.2 Å². The Labute approximate surface area is 167 Å². The minimum absolute atomic E-state index is 0.0222. The molecule has 1 unspecified atom stereocenters. The summed E-state index contributed by atoms with van der Waals surface area (Å²) < 4.78 is 0.948. The molecule has 2 aliphatic heterocycles. The second-order valence-electron chi connectivity index (χ2n) is 7.78. The van der Waals surface area contributed by atoms with Gasteiger partial charge in [0, 0.05) is 21.3 Å². The van der Waals surface area contributed by atoms with Crippen molar-refractivity contribution in [2.24, 2.45) is 0 Å². The number of hydrogen-bond acceptors (Lipinski definition) is 3. The Kier molecular flexibility index (Phi) is 4.07. The Balaban J connectivity index is 1.61. The quantitative estimate of drug-likeness (QED) is 0.811. The van der Waals surface area contributed by atoms with E-state index in [1.807, 2.05) is 36.4 Å². The second-order valence-corrected chi connectivity index (χ2v) is 8.70. The lowest BCUT2D eigenvalue weighted by Gasteiger charge is -2.45. The van der Waals surface area contributed by atoms with Crippen molar-refractivity contribution in [2.45, 2.75) is 31.8 Å². The summed E-state index contributed by atoms with van der Waals surface area (Å²) in [6.07, 6.45) is 0. The van der Waals surface area contributed by atoms with Crippen molar-refractivity contribution >= 4 is 39.1 Å². The molecule has 27 heavy (non-hydrogen) atoms. The first-order chi connectivity index (χ1) is 12.7. The van der Waals surface area contributed by atoms with Crippen LogP contribution in [0.2, 0.25) is 0 Å². The average Bonchev–Trinajstić information content (AvgIpc) is 2.98. The molecule has 2 amide bonds. The van der Waals surface area contributed by atoms with Crippen LogP contribution in [0, 0.1) is 0 Å². The molecule has 2 heterocycles. The van der Waals surface area contributed by atoms with Crippen molar-refractivity contribution in [3.05, 3.63) is 58.6 Å². The number of hydrogen-bond donors (Lipinski definition) is 1. The Morgan fingerprint density at radius 3 is 2.48 bits per heavy atom. The first-order valence-corrected chi connectivity index (χ1v) is 9.77. The van der Waals surface area contributed by atoms with E-state index in [4.69, 9.17) is 0 Å². The molecule has 4 rings (SSSR count). The molecule has 0 aromatic heterocycles. The maximum Gasteiger partial charge on any atom is 0.244 e. The zero-order valence-electron chi connectivity index (χ0n) is 15.6. The molecule has 6 heteroatoms. The number of benzene rings is 2. The van der Waals surface area contributed by atoms with Crippen LogP contribution in [0.5, 0.6) is 0 Å². The lowest BCUT2D eigenvalue weighted by Crippen LogP contribution is -2.60. The molecule has 1 fully saturated rings. The average molecular weight is 428 g/mol. The number of fused-ring (bicyclic) bond motifs is 3. The van der Waals surface area contributed by atoms with E-state index in [0.29, 0.717) is 12.2 Å². The van der Waals surface area contributed by atoms with Gasteiger partial charge in [0.15, 0.2) is 0 Å². The molecule has 2 aromatic rings. The Morgan fingerprint density at radius 1 is 1.11 bits per heavy atom. The van der Waals surface area contributed by atoms with Crippen LogP contribution in [0.25, 0.3) is 0 Å². The molecule has 1 atom stereocenters. The number of para-hydroxylation sites is 1. The normalized spacial score (nSPS) is 22.6. The molecule has 0 radical (unpaired) electrons. The van der Waals surface area contributed by atoms with Gasteiger partial charge in [-0.2, -0.15) is 0 Å². The molecule has 2 aromatic carbocycles. The molecule has 0 aliphatic carbocycles. The zero-order chi connectivity index (χ0) is 19.4. The van der Waals surface area contributed by atoms with Gasteiger partial charge in [-0.3, -0.25) is 9.59 Å². The number of carbonyl (C=O) groups is 2. The number of amides is 2. The van der Waals surface area contributed by atoms with Crippen LogP contribution in [-0.2, 0) is 15.0 Å². The fourth-order valence-corrected chi connectivity index (χ4v) is 4.63. The van der Waals surface area contributed by atoms with Crippen molar-refractivity contribution in [3.63, 3.8) is 0 Å². The fourth-order valence-electron chi connectivity index (χ4n) is 4.37. The van der Waals surface area contributed by atoms with Gasteiger partial charge >= 0.3 is 0 Å². The Hall–Kier alpha value is -2.34. The predicted octanol–water partition coefficient (Wildman–Crippen LogP) is 3.74. The van der Waals surface area contributed by atoms with Crippen LogP contribution in [-0.4, -0.2) is 35.5 Å².